The molecule has 3 heterocycles. The fraction of sp³-hybridized carbons (Fsp3) is 0.0625. The lowest BCUT2D eigenvalue weighted by atomic mass is 9.69. The van der Waals surface area contributed by atoms with E-state index in [2.05, 4.69) is 145 Å². The standard InChI is InChI=1S/C48H32N4O/c1-29-32-16-5-6-17-33(32)34-18-7-8-21-38(34)44(29)40-23-13-22-39-37-27-26-31(28-43(37)53-45(39)40)47-49-46(30-14-3-2-4-15-30)50-48(51-47)52-41-24-11-9-19-35(41)36-20-10-12-25-42(36)52/h2-29,44H,1H3/t29?,44-/m0/s1. The number of fused-ring (bicyclic) bond motifs is 9. The molecule has 0 N–H and O–H groups in total. The molecule has 3 aromatic heterocycles. The summed E-state index contributed by atoms with van der Waals surface area (Å²) in [5.41, 5.74) is 12.1. The van der Waals surface area contributed by atoms with E-state index in [0.717, 1.165) is 54.9 Å². The Balaban J connectivity index is 1.10. The molecule has 0 saturated heterocycles. The molecule has 10 aromatic rings. The van der Waals surface area contributed by atoms with Crippen molar-refractivity contribution < 1.29 is 4.42 Å². The van der Waals surface area contributed by atoms with Gasteiger partial charge >= 0.3 is 0 Å². The van der Waals surface area contributed by atoms with Crippen molar-refractivity contribution in [3.8, 4) is 39.9 Å². The topological polar surface area (TPSA) is 56.7 Å². The van der Waals surface area contributed by atoms with E-state index < -0.39 is 0 Å². The van der Waals surface area contributed by atoms with E-state index in [9.17, 15) is 0 Å². The van der Waals surface area contributed by atoms with Crippen LogP contribution in [-0.2, 0) is 0 Å². The van der Waals surface area contributed by atoms with Crippen molar-refractivity contribution in [3.63, 3.8) is 0 Å². The summed E-state index contributed by atoms with van der Waals surface area (Å²) in [5, 5.41) is 4.50. The van der Waals surface area contributed by atoms with E-state index in [1.807, 2.05) is 30.3 Å². The summed E-state index contributed by atoms with van der Waals surface area (Å²) in [4.78, 5) is 15.3. The van der Waals surface area contributed by atoms with Crippen LogP contribution in [0.15, 0.2) is 168 Å². The van der Waals surface area contributed by atoms with E-state index in [0.29, 0.717) is 17.6 Å². The Labute approximate surface area is 305 Å². The van der Waals surface area contributed by atoms with Crippen LogP contribution in [0.4, 0.5) is 0 Å². The molecule has 1 aliphatic rings. The highest BCUT2D eigenvalue weighted by molar-refractivity contribution is 6.09. The number of hydrogen-bond acceptors (Lipinski definition) is 4. The van der Waals surface area contributed by atoms with Crippen LogP contribution in [0.1, 0.15) is 35.4 Å². The van der Waals surface area contributed by atoms with Crippen LogP contribution in [0.3, 0.4) is 0 Å². The molecule has 5 nitrogen and oxygen atoms in total. The minimum atomic E-state index is 0.149. The van der Waals surface area contributed by atoms with Gasteiger partial charge in [-0.25, -0.2) is 4.98 Å². The molecule has 0 fully saturated rings. The second kappa shape index (κ2) is 11.6. The zero-order valence-corrected chi connectivity index (χ0v) is 28.9. The molecule has 0 saturated carbocycles. The van der Waals surface area contributed by atoms with Gasteiger partial charge < -0.3 is 4.42 Å². The first-order valence-electron chi connectivity index (χ1n) is 18.1. The second-order valence-corrected chi connectivity index (χ2v) is 14.0. The first-order valence-corrected chi connectivity index (χ1v) is 18.1. The maximum absolute atomic E-state index is 6.91. The molecule has 5 heteroatoms. The van der Waals surface area contributed by atoms with Crippen molar-refractivity contribution >= 4 is 43.7 Å². The van der Waals surface area contributed by atoms with Crippen LogP contribution in [-0.4, -0.2) is 19.5 Å². The first-order chi connectivity index (χ1) is 26.2. The Bertz CT molecular complexity index is 2990. The predicted molar refractivity (Wildman–Crippen MR) is 214 cm³/mol. The molecule has 250 valence electrons. The van der Waals surface area contributed by atoms with Crippen LogP contribution in [0.25, 0.3) is 83.6 Å². The summed E-state index contributed by atoms with van der Waals surface area (Å²) in [6, 6.07) is 57.6. The highest BCUT2D eigenvalue weighted by Gasteiger charge is 2.33. The molecule has 1 aliphatic carbocycles. The molecule has 2 atom stereocenters. The summed E-state index contributed by atoms with van der Waals surface area (Å²) in [6.07, 6.45) is 0. The quantitative estimate of drug-likeness (QED) is 0.186. The molecule has 0 spiro atoms. The van der Waals surface area contributed by atoms with Crippen LogP contribution in [0.5, 0.6) is 0 Å². The van der Waals surface area contributed by atoms with Crippen LogP contribution in [0, 0.1) is 0 Å². The summed E-state index contributed by atoms with van der Waals surface area (Å²) in [7, 11) is 0. The van der Waals surface area contributed by atoms with E-state index >= 15 is 0 Å². The lowest BCUT2D eigenvalue weighted by Gasteiger charge is -2.34. The van der Waals surface area contributed by atoms with Crippen LogP contribution in [0.2, 0.25) is 0 Å². The van der Waals surface area contributed by atoms with Gasteiger partial charge in [-0.05, 0) is 52.4 Å². The molecule has 0 bridgehead atoms. The Morgan fingerprint density at radius 3 is 1.81 bits per heavy atom. The fourth-order valence-electron chi connectivity index (χ4n) is 8.69. The summed E-state index contributed by atoms with van der Waals surface area (Å²) in [5.74, 6) is 2.20. The number of furan rings is 1. The van der Waals surface area contributed by atoms with Crippen molar-refractivity contribution in [1.82, 2.24) is 19.5 Å². The van der Waals surface area contributed by atoms with Gasteiger partial charge in [0.1, 0.15) is 11.2 Å². The zero-order chi connectivity index (χ0) is 35.0. The van der Waals surface area contributed by atoms with Crippen molar-refractivity contribution in [2.24, 2.45) is 0 Å². The van der Waals surface area contributed by atoms with Gasteiger partial charge in [0.25, 0.3) is 0 Å². The average Bonchev–Trinajstić information content (AvgIpc) is 3.77. The highest BCUT2D eigenvalue weighted by atomic mass is 16.3. The van der Waals surface area contributed by atoms with Crippen LogP contribution >= 0.6 is 0 Å². The fourth-order valence-corrected chi connectivity index (χ4v) is 8.69. The van der Waals surface area contributed by atoms with Crippen LogP contribution < -0.4 is 0 Å². The van der Waals surface area contributed by atoms with Gasteiger partial charge in [0, 0.05) is 44.2 Å². The Hall–Kier alpha value is -6.85. The summed E-state index contributed by atoms with van der Waals surface area (Å²) >= 11 is 0. The maximum atomic E-state index is 6.91. The summed E-state index contributed by atoms with van der Waals surface area (Å²) < 4.78 is 9.06. The van der Waals surface area contributed by atoms with Crippen molar-refractivity contribution in [3.05, 3.63) is 180 Å². The molecule has 0 radical (unpaired) electrons. The maximum Gasteiger partial charge on any atom is 0.238 e. The molecule has 0 amide bonds. The van der Waals surface area contributed by atoms with Gasteiger partial charge in [0.05, 0.1) is 11.0 Å². The third-order valence-electron chi connectivity index (χ3n) is 11.1. The van der Waals surface area contributed by atoms with E-state index in [4.69, 9.17) is 19.4 Å². The SMILES string of the molecule is CC1c2ccccc2-c2ccccc2[C@H]1c1cccc2c1oc1cc(-c3nc(-c4ccccc4)nc(-n4c5ccccc5c5ccccc54)n3)ccc12. The smallest absolute Gasteiger partial charge is 0.238 e. The zero-order valence-electron chi connectivity index (χ0n) is 28.9. The van der Waals surface area contributed by atoms with E-state index in [1.54, 1.807) is 0 Å². The Morgan fingerprint density at radius 2 is 1.06 bits per heavy atom. The molecule has 1 unspecified atom stereocenters. The van der Waals surface area contributed by atoms with Gasteiger partial charge in [-0.15, -0.1) is 0 Å². The van der Waals surface area contributed by atoms with Gasteiger partial charge in [-0.1, -0.05) is 146 Å². The van der Waals surface area contributed by atoms with E-state index in [-0.39, 0.29) is 11.8 Å². The molecular formula is C48H32N4O. The van der Waals surface area contributed by atoms with Crippen molar-refractivity contribution in [2.45, 2.75) is 18.8 Å². The Kier molecular flexibility index (Phi) is 6.52. The third kappa shape index (κ3) is 4.54. The molecular weight excluding hydrogens is 649 g/mol. The summed E-state index contributed by atoms with van der Waals surface area (Å²) in [6.45, 7) is 2.35. The lowest BCUT2D eigenvalue weighted by Crippen LogP contribution is -2.17. The minimum absolute atomic E-state index is 0.149. The monoisotopic (exact) mass is 680 g/mol. The number of benzene rings is 7. The number of nitrogens with zero attached hydrogens (tertiary/aromatic N) is 4. The second-order valence-electron chi connectivity index (χ2n) is 14.0. The van der Waals surface area contributed by atoms with Gasteiger partial charge in [-0.3, -0.25) is 4.57 Å². The largest absolute Gasteiger partial charge is 0.456 e. The normalized spacial score (nSPS) is 15.3. The average molecular weight is 681 g/mol. The number of aromatic nitrogens is 4. The molecule has 11 rings (SSSR count). The molecule has 0 aliphatic heterocycles. The van der Waals surface area contributed by atoms with Gasteiger partial charge in [-0.2, -0.15) is 9.97 Å². The number of para-hydroxylation sites is 3. The van der Waals surface area contributed by atoms with Gasteiger partial charge in [0.15, 0.2) is 11.6 Å². The predicted octanol–water partition coefficient (Wildman–Crippen LogP) is 12.1. The lowest BCUT2D eigenvalue weighted by molar-refractivity contribution is 0.620. The van der Waals surface area contributed by atoms with E-state index in [1.165, 1.54) is 27.8 Å². The first kappa shape index (κ1) is 29.8. The molecule has 53 heavy (non-hydrogen) atoms. The number of hydrogen-bond donors (Lipinski definition) is 0. The van der Waals surface area contributed by atoms with Crippen molar-refractivity contribution in [2.75, 3.05) is 0 Å². The Morgan fingerprint density at radius 1 is 0.472 bits per heavy atom. The van der Waals surface area contributed by atoms with Gasteiger partial charge in [0.2, 0.25) is 5.95 Å². The van der Waals surface area contributed by atoms with Crippen molar-refractivity contribution in [1.29, 1.82) is 0 Å². The number of rotatable bonds is 4. The highest BCUT2D eigenvalue weighted by Crippen LogP contribution is 2.51. The molecule has 7 aromatic carbocycles. The third-order valence-corrected chi connectivity index (χ3v) is 11.1. The minimum Gasteiger partial charge on any atom is -0.456 e.